The molecule has 0 saturated carbocycles. The van der Waals surface area contributed by atoms with E-state index in [0.29, 0.717) is 16.5 Å². The third-order valence-corrected chi connectivity index (χ3v) is 4.58. The highest BCUT2D eigenvalue weighted by molar-refractivity contribution is 7.98. The summed E-state index contributed by atoms with van der Waals surface area (Å²) in [7, 11) is 0. The molecule has 5 nitrogen and oxygen atoms in total. The van der Waals surface area contributed by atoms with Crippen LogP contribution >= 0.6 is 35.0 Å². The molecule has 1 N–H and O–H groups in total. The van der Waals surface area contributed by atoms with E-state index in [-0.39, 0.29) is 5.02 Å². The molecule has 26 heavy (non-hydrogen) atoms. The molecule has 0 radical (unpaired) electrons. The van der Waals surface area contributed by atoms with Gasteiger partial charge in [0.05, 0.1) is 10.7 Å². The molecule has 0 unspecified atom stereocenters. The molecule has 0 aromatic heterocycles. The van der Waals surface area contributed by atoms with Crippen LogP contribution in [0.2, 0.25) is 10.0 Å². The highest BCUT2D eigenvalue weighted by Crippen LogP contribution is 2.28. The summed E-state index contributed by atoms with van der Waals surface area (Å²) in [6, 6.07) is 12.0. The third-order valence-electron chi connectivity index (χ3n) is 3.26. The Morgan fingerprint density at radius 1 is 1.19 bits per heavy atom. The zero-order chi connectivity index (χ0) is 19.1. The monoisotopic (exact) mass is 413 g/mol. The van der Waals surface area contributed by atoms with E-state index < -0.39 is 24.6 Å². The van der Waals surface area contributed by atoms with Gasteiger partial charge in [-0.15, -0.1) is 11.8 Å². The number of esters is 1. The van der Waals surface area contributed by atoms with Crippen molar-refractivity contribution < 1.29 is 19.1 Å². The molecule has 138 valence electrons. The number of amides is 1. The van der Waals surface area contributed by atoms with Crippen molar-refractivity contribution in [1.29, 1.82) is 0 Å². The summed E-state index contributed by atoms with van der Waals surface area (Å²) in [6.45, 7) is 1.10. The Bertz CT molecular complexity index is 801. The van der Waals surface area contributed by atoms with Gasteiger partial charge >= 0.3 is 5.97 Å². The molecule has 0 spiro atoms. The lowest BCUT2D eigenvalue weighted by atomic mass is 10.3. The predicted octanol–water partition coefficient (Wildman–Crippen LogP) is 4.66. The van der Waals surface area contributed by atoms with E-state index in [4.69, 9.17) is 32.7 Å². The molecule has 0 aliphatic heterocycles. The van der Waals surface area contributed by atoms with E-state index in [9.17, 15) is 9.59 Å². The lowest BCUT2D eigenvalue weighted by Gasteiger charge is -2.15. The van der Waals surface area contributed by atoms with Crippen LogP contribution in [-0.4, -0.2) is 30.8 Å². The first-order valence-corrected chi connectivity index (χ1v) is 9.60. The average Bonchev–Trinajstić information content (AvgIpc) is 2.62. The molecule has 0 aliphatic carbocycles. The Kier molecular flexibility index (Phi) is 7.63. The summed E-state index contributed by atoms with van der Waals surface area (Å²) in [6.07, 6.45) is 0.978. The van der Waals surface area contributed by atoms with Crippen LogP contribution in [0.15, 0.2) is 47.4 Å². The van der Waals surface area contributed by atoms with Crippen LogP contribution in [0.25, 0.3) is 0 Å². The molecule has 0 heterocycles. The molecule has 8 heteroatoms. The Morgan fingerprint density at radius 3 is 2.62 bits per heavy atom. The van der Waals surface area contributed by atoms with Crippen molar-refractivity contribution in [3.8, 4) is 5.75 Å². The van der Waals surface area contributed by atoms with Crippen LogP contribution < -0.4 is 10.1 Å². The number of halogens is 2. The van der Waals surface area contributed by atoms with Gasteiger partial charge in [0.1, 0.15) is 5.75 Å². The van der Waals surface area contributed by atoms with Crippen LogP contribution in [-0.2, 0) is 14.3 Å². The molecule has 0 saturated heterocycles. The van der Waals surface area contributed by atoms with Crippen molar-refractivity contribution in [3.05, 3.63) is 52.5 Å². The fraction of sp³-hybridized carbons (Fsp3) is 0.222. The average molecular weight is 414 g/mol. The van der Waals surface area contributed by atoms with Gasteiger partial charge in [-0.3, -0.25) is 4.79 Å². The Hall–Kier alpha value is -1.89. The van der Waals surface area contributed by atoms with E-state index in [2.05, 4.69) is 5.32 Å². The number of anilines is 1. The maximum Gasteiger partial charge on any atom is 0.347 e. The van der Waals surface area contributed by atoms with Crippen LogP contribution in [0.3, 0.4) is 0 Å². The molecular formula is C18H17Cl2NO4S. The van der Waals surface area contributed by atoms with Crippen molar-refractivity contribution in [1.82, 2.24) is 0 Å². The number of thioether (sulfide) groups is 1. The molecule has 2 aromatic carbocycles. The van der Waals surface area contributed by atoms with Gasteiger partial charge in [-0.05, 0) is 43.5 Å². The first-order chi connectivity index (χ1) is 12.4. The van der Waals surface area contributed by atoms with Crippen LogP contribution in [0.5, 0.6) is 5.75 Å². The van der Waals surface area contributed by atoms with E-state index in [1.165, 1.54) is 24.8 Å². The van der Waals surface area contributed by atoms with E-state index in [1.54, 1.807) is 18.2 Å². The summed E-state index contributed by atoms with van der Waals surface area (Å²) >= 11 is 13.3. The van der Waals surface area contributed by atoms with Crippen molar-refractivity contribution >= 4 is 52.5 Å². The van der Waals surface area contributed by atoms with Gasteiger partial charge in [0, 0.05) is 9.92 Å². The quantitative estimate of drug-likeness (QED) is 0.527. The summed E-state index contributed by atoms with van der Waals surface area (Å²) < 4.78 is 10.4. The van der Waals surface area contributed by atoms with Crippen molar-refractivity contribution in [2.75, 3.05) is 18.2 Å². The van der Waals surface area contributed by atoms with E-state index >= 15 is 0 Å². The fourth-order valence-corrected chi connectivity index (χ4v) is 3.00. The SMILES string of the molecule is CSc1ccccc1NC(=O)COC(=O)[C@@H](C)Oc1ccc(Cl)cc1Cl. The largest absolute Gasteiger partial charge is 0.477 e. The summed E-state index contributed by atoms with van der Waals surface area (Å²) in [4.78, 5) is 24.9. The number of ether oxygens (including phenoxy) is 2. The number of rotatable bonds is 7. The van der Waals surface area contributed by atoms with Crippen LogP contribution in [0.1, 0.15) is 6.92 Å². The Balaban J connectivity index is 1.86. The van der Waals surface area contributed by atoms with Gasteiger partial charge in [-0.2, -0.15) is 0 Å². The molecule has 0 bridgehead atoms. The highest BCUT2D eigenvalue weighted by Gasteiger charge is 2.19. The maximum absolute atomic E-state index is 12.0. The Morgan fingerprint density at radius 2 is 1.92 bits per heavy atom. The summed E-state index contributed by atoms with van der Waals surface area (Å²) in [5.41, 5.74) is 0.665. The zero-order valence-electron chi connectivity index (χ0n) is 14.1. The maximum atomic E-state index is 12.0. The van der Waals surface area contributed by atoms with Gasteiger partial charge in [-0.1, -0.05) is 35.3 Å². The number of para-hydroxylation sites is 1. The topological polar surface area (TPSA) is 64.6 Å². The highest BCUT2D eigenvalue weighted by atomic mass is 35.5. The van der Waals surface area contributed by atoms with E-state index in [1.807, 2.05) is 24.5 Å². The number of benzene rings is 2. The fourth-order valence-electron chi connectivity index (χ4n) is 2.00. The van der Waals surface area contributed by atoms with Crippen LogP contribution in [0, 0.1) is 0 Å². The molecule has 0 fully saturated rings. The normalized spacial score (nSPS) is 11.5. The minimum absolute atomic E-state index is 0.281. The number of hydrogen-bond donors (Lipinski definition) is 1. The molecule has 2 rings (SSSR count). The summed E-state index contributed by atoms with van der Waals surface area (Å²) in [5, 5.41) is 3.45. The minimum Gasteiger partial charge on any atom is -0.477 e. The number of nitrogens with one attached hydrogen (secondary N) is 1. The molecule has 1 amide bonds. The van der Waals surface area contributed by atoms with Gasteiger partial charge in [-0.25, -0.2) is 4.79 Å². The standard InChI is InChI=1S/C18H17Cl2NO4S/c1-11(25-15-8-7-12(19)9-13(15)20)18(23)24-10-17(22)21-14-5-3-4-6-16(14)26-2/h3-9,11H,10H2,1-2H3,(H,21,22)/t11-/m1/s1. The molecule has 1 atom stereocenters. The van der Waals surface area contributed by atoms with E-state index in [0.717, 1.165) is 4.90 Å². The number of carbonyl (C=O) groups is 2. The first-order valence-electron chi connectivity index (χ1n) is 7.62. The second-order valence-corrected chi connectivity index (χ2v) is 6.88. The zero-order valence-corrected chi connectivity index (χ0v) is 16.5. The molecule has 0 aliphatic rings. The van der Waals surface area contributed by atoms with Gasteiger partial charge in [0.25, 0.3) is 5.91 Å². The van der Waals surface area contributed by atoms with Crippen molar-refractivity contribution in [2.24, 2.45) is 0 Å². The van der Waals surface area contributed by atoms with Crippen molar-refractivity contribution in [2.45, 2.75) is 17.9 Å². The van der Waals surface area contributed by atoms with Crippen LogP contribution in [0.4, 0.5) is 5.69 Å². The Labute approximate surface area is 166 Å². The predicted molar refractivity (Wildman–Crippen MR) is 104 cm³/mol. The molecule has 2 aromatic rings. The number of carbonyl (C=O) groups excluding carboxylic acids is 2. The smallest absolute Gasteiger partial charge is 0.347 e. The van der Waals surface area contributed by atoms with Gasteiger partial charge < -0.3 is 14.8 Å². The first kappa shape index (κ1) is 20.4. The lowest BCUT2D eigenvalue weighted by molar-refractivity contribution is -0.153. The molecular weight excluding hydrogens is 397 g/mol. The van der Waals surface area contributed by atoms with Gasteiger partial charge in [0.2, 0.25) is 0 Å². The third kappa shape index (κ3) is 5.83. The second-order valence-electron chi connectivity index (χ2n) is 5.19. The van der Waals surface area contributed by atoms with Gasteiger partial charge in [0.15, 0.2) is 12.7 Å². The second kappa shape index (κ2) is 9.71. The number of hydrogen-bond acceptors (Lipinski definition) is 5. The summed E-state index contributed by atoms with van der Waals surface area (Å²) in [5.74, 6) is -0.806. The van der Waals surface area contributed by atoms with Crippen molar-refractivity contribution in [3.63, 3.8) is 0 Å². The lowest BCUT2D eigenvalue weighted by Crippen LogP contribution is -2.29. The minimum atomic E-state index is -0.931.